The highest BCUT2D eigenvalue weighted by Gasteiger charge is 2.19. The first-order chi connectivity index (χ1) is 7.61. The van der Waals surface area contributed by atoms with Gasteiger partial charge in [-0.1, -0.05) is 59.3 Å². The summed E-state index contributed by atoms with van der Waals surface area (Å²) in [5, 5.41) is 9.15. The number of unbranched alkanes of at least 4 members (excludes halogenated alkanes) is 3. The fraction of sp³-hybridized carbons (Fsp3) is 0.929. The SMILES string of the molecule is CCCCCCC(CC(C)CCC)C(=O)O. The molecule has 0 fully saturated rings. The maximum atomic E-state index is 11.1. The number of carboxylic acid groups (broad SMARTS) is 1. The number of carboxylic acids is 1. The van der Waals surface area contributed by atoms with E-state index in [0.717, 1.165) is 32.1 Å². The largest absolute Gasteiger partial charge is 0.481 e. The Morgan fingerprint density at radius 3 is 2.25 bits per heavy atom. The standard InChI is InChI=1S/C14H28O2/c1-4-6-7-8-10-13(14(15)16)11-12(3)9-5-2/h12-13H,4-11H2,1-3H3,(H,15,16). The molecular formula is C14H28O2. The van der Waals surface area contributed by atoms with Gasteiger partial charge in [-0.15, -0.1) is 0 Å². The van der Waals surface area contributed by atoms with Crippen LogP contribution in [-0.2, 0) is 4.79 Å². The van der Waals surface area contributed by atoms with Crippen LogP contribution < -0.4 is 0 Å². The van der Waals surface area contributed by atoms with Crippen molar-refractivity contribution in [2.24, 2.45) is 11.8 Å². The van der Waals surface area contributed by atoms with Crippen LogP contribution in [0.4, 0.5) is 0 Å². The fourth-order valence-corrected chi connectivity index (χ4v) is 2.26. The molecule has 0 radical (unpaired) electrons. The average molecular weight is 228 g/mol. The number of hydrogen-bond acceptors (Lipinski definition) is 1. The Labute approximate surface area is 100 Å². The van der Waals surface area contributed by atoms with Crippen molar-refractivity contribution in [1.29, 1.82) is 0 Å². The van der Waals surface area contributed by atoms with Crippen molar-refractivity contribution in [3.05, 3.63) is 0 Å². The molecule has 0 aliphatic heterocycles. The summed E-state index contributed by atoms with van der Waals surface area (Å²) in [5.74, 6) is -0.157. The Balaban J connectivity index is 3.83. The molecule has 16 heavy (non-hydrogen) atoms. The van der Waals surface area contributed by atoms with E-state index < -0.39 is 5.97 Å². The van der Waals surface area contributed by atoms with Crippen molar-refractivity contribution in [2.45, 2.75) is 72.1 Å². The molecule has 0 spiro atoms. The first kappa shape index (κ1) is 15.5. The second-order valence-electron chi connectivity index (χ2n) is 5.01. The molecule has 0 amide bonds. The molecule has 2 atom stereocenters. The van der Waals surface area contributed by atoms with Gasteiger partial charge in [0.15, 0.2) is 0 Å². The third-order valence-electron chi connectivity index (χ3n) is 3.22. The lowest BCUT2D eigenvalue weighted by molar-refractivity contribution is -0.142. The highest BCUT2D eigenvalue weighted by molar-refractivity contribution is 5.69. The van der Waals surface area contributed by atoms with E-state index in [-0.39, 0.29) is 5.92 Å². The predicted octanol–water partition coefficient (Wildman–Crippen LogP) is 4.48. The number of rotatable bonds is 10. The molecule has 0 aromatic rings. The molecule has 0 aromatic carbocycles. The summed E-state index contributed by atoms with van der Waals surface area (Å²) >= 11 is 0. The van der Waals surface area contributed by atoms with Crippen LogP contribution in [0.15, 0.2) is 0 Å². The molecule has 2 unspecified atom stereocenters. The minimum absolute atomic E-state index is 0.113. The first-order valence-corrected chi connectivity index (χ1v) is 6.84. The summed E-state index contributed by atoms with van der Waals surface area (Å²) < 4.78 is 0. The number of carbonyl (C=O) groups is 1. The van der Waals surface area contributed by atoms with E-state index >= 15 is 0 Å². The van der Waals surface area contributed by atoms with Crippen LogP contribution in [-0.4, -0.2) is 11.1 Å². The van der Waals surface area contributed by atoms with Gasteiger partial charge >= 0.3 is 5.97 Å². The zero-order valence-corrected chi connectivity index (χ0v) is 11.2. The van der Waals surface area contributed by atoms with Crippen LogP contribution >= 0.6 is 0 Å². The molecule has 0 saturated carbocycles. The zero-order valence-electron chi connectivity index (χ0n) is 11.2. The summed E-state index contributed by atoms with van der Waals surface area (Å²) in [6, 6.07) is 0. The van der Waals surface area contributed by atoms with Crippen LogP contribution in [0.5, 0.6) is 0 Å². The van der Waals surface area contributed by atoms with Crippen LogP contribution in [0.3, 0.4) is 0 Å². The van der Waals surface area contributed by atoms with Crippen molar-refractivity contribution in [2.75, 3.05) is 0 Å². The minimum atomic E-state index is -0.598. The molecule has 0 rings (SSSR count). The van der Waals surface area contributed by atoms with Crippen LogP contribution in [0.2, 0.25) is 0 Å². The van der Waals surface area contributed by atoms with Crippen molar-refractivity contribution >= 4 is 5.97 Å². The van der Waals surface area contributed by atoms with Gasteiger partial charge in [0.05, 0.1) is 5.92 Å². The van der Waals surface area contributed by atoms with Gasteiger partial charge in [-0.2, -0.15) is 0 Å². The molecule has 0 aromatic heterocycles. The lowest BCUT2D eigenvalue weighted by atomic mass is 9.89. The van der Waals surface area contributed by atoms with Gasteiger partial charge < -0.3 is 5.11 Å². The first-order valence-electron chi connectivity index (χ1n) is 6.84. The summed E-state index contributed by atoms with van der Waals surface area (Å²) in [7, 11) is 0. The van der Waals surface area contributed by atoms with E-state index in [0.29, 0.717) is 5.92 Å². The molecule has 0 heterocycles. The Bertz CT molecular complexity index is 178. The minimum Gasteiger partial charge on any atom is -0.481 e. The Morgan fingerprint density at radius 1 is 1.06 bits per heavy atom. The molecule has 1 N–H and O–H groups in total. The Kier molecular flexibility index (Phi) is 9.36. The van der Waals surface area contributed by atoms with E-state index in [1.54, 1.807) is 0 Å². The Morgan fingerprint density at radius 2 is 1.75 bits per heavy atom. The fourth-order valence-electron chi connectivity index (χ4n) is 2.26. The van der Waals surface area contributed by atoms with Gasteiger partial charge in [0.1, 0.15) is 0 Å². The van der Waals surface area contributed by atoms with Crippen molar-refractivity contribution in [3.63, 3.8) is 0 Å². The topological polar surface area (TPSA) is 37.3 Å². The highest BCUT2D eigenvalue weighted by Crippen LogP contribution is 2.22. The van der Waals surface area contributed by atoms with Crippen molar-refractivity contribution in [3.8, 4) is 0 Å². The van der Waals surface area contributed by atoms with Gasteiger partial charge in [0.2, 0.25) is 0 Å². The van der Waals surface area contributed by atoms with E-state index in [1.807, 2.05) is 0 Å². The van der Waals surface area contributed by atoms with E-state index in [1.165, 1.54) is 19.3 Å². The number of hydrogen-bond donors (Lipinski definition) is 1. The van der Waals surface area contributed by atoms with E-state index in [4.69, 9.17) is 5.11 Å². The molecule has 2 heteroatoms. The van der Waals surface area contributed by atoms with Crippen LogP contribution in [0.25, 0.3) is 0 Å². The smallest absolute Gasteiger partial charge is 0.306 e. The van der Waals surface area contributed by atoms with Gasteiger partial charge in [0, 0.05) is 0 Å². The second-order valence-corrected chi connectivity index (χ2v) is 5.01. The molecular weight excluding hydrogens is 200 g/mol. The predicted molar refractivity (Wildman–Crippen MR) is 68.6 cm³/mol. The lowest BCUT2D eigenvalue weighted by Crippen LogP contribution is -2.17. The summed E-state index contributed by atoms with van der Waals surface area (Å²) in [6.07, 6.45) is 8.73. The quantitative estimate of drug-likeness (QED) is 0.560. The van der Waals surface area contributed by atoms with Crippen molar-refractivity contribution in [1.82, 2.24) is 0 Å². The van der Waals surface area contributed by atoms with Crippen LogP contribution in [0.1, 0.15) is 72.1 Å². The summed E-state index contributed by atoms with van der Waals surface area (Å²) in [6.45, 7) is 6.51. The summed E-state index contributed by atoms with van der Waals surface area (Å²) in [5.41, 5.74) is 0. The molecule has 0 aliphatic carbocycles. The Hall–Kier alpha value is -0.530. The monoisotopic (exact) mass is 228 g/mol. The number of aliphatic carboxylic acids is 1. The van der Waals surface area contributed by atoms with Crippen LogP contribution in [0, 0.1) is 11.8 Å². The highest BCUT2D eigenvalue weighted by atomic mass is 16.4. The molecule has 0 saturated heterocycles. The third kappa shape index (κ3) is 7.72. The molecule has 2 nitrogen and oxygen atoms in total. The van der Waals surface area contributed by atoms with Gasteiger partial charge in [-0.3, -0.25) is 4.79 Å². The van der Waals surface area contributed by atoms with Gasteiger partial charge in [0.25, 0.3) is 0 Å². The van der Waals surface area contributed by atoms with Gasteiger partial charge in [-0.25, -0.2) is 0 Å². The third-order valence-corrected chi connectivity index (χ3v) is 3.22. The maximum absolute atomic E-state index is 11.1. The van der Waals surface area contributed by atoms with Gasteiger partial charge in [-0.05, 0) is 18.8 Å². The van der Waals surface area contributed by atoms with Crippen molar-refractivity contribution < 1.29 is 9.90 Å². The molecule has 96 valence electrons. The second kappa shape index (κ2) is 9.68. The van der Waals surface area contributed by atoms with E-state index in [9.17, 15) is 4.79 Å². The molecule has 0 bridgehead atoms. The lowest BCUT2D eigenvalue weighted by Gasteiger charge is -2.16. The normalized spacial score (nSPS) is 14.7. The molecule has 0 aliphatic rings. The maximum Gasteiger partial charge on any atom is 0.306 e. The van der Waals surface area contributed by atoms with E-state index in [2.05, 4.69) is 20.8 Å². The average Bonchev–Trinajstić information content (AvgIpc) is 2.22. The zero-order chi connectivity index (χ0) is 12.4. The summed E-state index contributed by atoms with van der Waals surface area (Å²) in [4.78, 5) is 11.1.